The molecule has 52 valence electrons. The minimum absolute atomic E-state index is 0.120. The lowest BCUT2D eigenvalue weighted by Crippen LogP contribution is -2.47. The van der Waals surface area contributed by atoms with Gasteiger partial charge in [-0.25, -0.2) is 0 Å². The number of ether oxygens (including phenoxy) is 1. The van der Waals surface area contributed by atoms with E-state index in [9.17, 15) is 0 Å². The van der Waals surface area contributed by atoms with Gasteiger partial charge in [0.15, 0.2) is 0 Å². The van der Waals surface area contributed by atoms with Crippen LogP contribution in [-0.4, -0.2) is 18.8 Å². The Bertz CT molecular complexity index is 138. The third kappa shape index (κ3) is 0.578. The van der Waals surface area contributed by atoms with E-state index in [1.54, 1.807) is 0 Å². The minimum atomic E-state index is 0.120. The average Bonchev–Trinajstić information content (AvgIpc) is 2.20. The normalized spacial score (nSPS) is 55.3. The number of rotatable bonds is 1. The molecule has 2 saturated heterocycles. The highest BCUT2D eigenvalue weighted by molar-refractivity contribution is 5.09. The summed E-state index contributed by atoms with van der Waals surface area (Å²) in [7, 11) is 0. The molecule has 3 aliphatic rings. The Labute approximate surface area is 55.4 Å². The number of nitrogens with two attached hydrogens (primary N) is 1. The second-order valence-electron chi connectivity index (χ2n) is 3.84. The average molecular weight is 127 g/mol. The van der Waals surface area contributed by atoms with Crippen molar-refractivity contribution < 1.29 is 4.74 Å². The van der Waals surface area contributed by atoms with Crippen LogP contribution in [-0.2, 0) is 4.74 Å². The van der Waals surface area contributed by atoms with Crippen LogP contribution < -0.4 is 5.73 Å². The first kappa shape index (κ1) is 5.69. The monoisotopic (exact) mass is 127 g/mol. The molecule has 3 fully saturated rings. The molecule has 2 bridgehead atoms. The van der Waals surface area contributed by atoms with E-state index in [2.05, 4.69) is 6.92 Å². The zero-order valence-electron chi connectivity index (χ0n) is 5.81. The Kier molecular flexibility index (Phi) is 0.837. The van der Waals surface area contributed by atoms with Crippen LogP contribution in [0, 0.1) is 5.41 Å². The minimum Gasteiger partial charge on any atom is -0.373 e. The van der Waals surface area contributed by atoms with E-state index in [4.69, 9.17) is 10.5 Å². The quantitative estimate of drug-likeness (QED) is 0.557. The highest BCUT2D eigenvalue weighted by atomic mass is 16.5. The first-order chi connectivity index (χ1) is 4.18. The van der Waals surface area contributed by atoms with E-state index in [0.717, 1.165) is 6.61 Å². The topological polar surface area (TPSA) is 35.2 Å². The Morgan fingerprint density at radius 2 is 2.22 bits per heavy atom. The maximum atomic E-state index is 5.54. The molecule has 0 radical (unpaired) electrons. The molecule has 2 heterocycles. The van der Waals surface area contributed by atoms with Crippen LogP contribution in [0.4, 0.5) is 0 Å². The summed E-state index contributed by atoms with van der Waals surface area (Å²) in [6, 6.07) is 0. The molecule has 2 N–H and O–H groups in total. The van der Waals surface area contributed by atoms with Crippen LogP contribution in [0.3, 0.4) is 0 Å². The standard InChI is InChI=1S/C7H13NO/c1-6-2-7(3-6,4-8)9-5-6/h2-5,8H2,1H3. The van der Waals surface area contributed by atoms with Crippen molar-refractivity contribution in [2.24, 2.45) is 11.1 Å². The summed E-state index contributed by atoms with van der Waals surface area (Å²) >= 11 is 0. The highest BCUT2D eigenvalue weighted by Crippen LogP contribution is 2.56. The predicted octanol–water partition coefficient (Wildman–Crippen LogP) is 0.514. The van der Waals surface area contributed by atoms with E-state index in [1.165, 1.54) is 12.8 Å². The molecule has 2 heteroatoms. The number of hydrogen-bond acceptors (Lipinski definition) is 2. The van der Waals surface area contributed by atoms with E-state index in [-0.39, 0.29) is 5.60 Å². The van der Waals surface area contributed by atoms with Crippen molar-refractivity contribution in [2.45, 2.75) is 25.4 Å². The molecule has 0 atom stereocenters. The summed E-state index contributed by atoms with van der Waals surface area (Å²) in [6.07, 6.45) is 2.38. The van der Waals surface area contributed by atoms with Crippen molar-refractivity contribution in [1.29, 1.82) is 0 Å². The third-order valence-electron chi connectivity index (χ3n) is 2.60. The summed E-state index contributed by atoms with van der Waals surface area (Å²) in [5.41, 5.74) is 6.16. The van der Waals surface area contributed by atoms with Gasteiger partial charge in [0.2, 0.25) is 0 Å². The summed E-state index contributed by atoms with van der Waals surface area (Å²) in [5.74, 6) is 0. The maximum absolute atomic E-state index is 5.54. The second kappa shape index (κ2) is 1.32. The fraction of sp³-hybridized carbons (Fsp3) is 1.00. The van der Waals surface area contributed by atoms with Crippen LogP contribution in [0.1, 0.15) is 19.8 Å². The Hall–Kier alpha value is -0.0800. The summed E-state index contributed by atoms with van der Waals surface area (Å²) in [4.78, 5) is 0. The van der Waals surface area contributed by atoms with Crippen LogP contribution in [0.2, 0.25) is 0 Å². The van der Waals surface area contributed by atoms with Crippen LogP contribution in [0.25, 0.3) is 0 Å². The van der Waals surface area contributed by atoms with Gasteiger partial charge in [-0.05, 0) is 18.3 Å². The first-order valence-electron chi connectivity index (χ1n) is 3.52. The highest BCUT2D eigenvalue weighted by Gasteiger charge is 2.58. The molecule has 0 aromatic carbocycles. The predicted molar refractivity (Wildman–Crippen MR) is 35.1 cm³/mol. The van der Waals surface area contributed by atoms with E-state index >= 15 is 0 Å². The van der Waals surface area contributed by atoms with Crippen molar-refractivity contribution in [3.63, 3.8) is 0 Å². The molecule has 0 unspecified atom stereocenters. The van der Waals surface area contributed by atoms with Gasteiger partial charge in [-0.3, -0.25) is 0 Å². The van der Waals surface area contributed by atoms with Crippen LogP contribution in [0.15, 0.2) is 0 Å². The van der Waals surface area contributed by atoms with Crippen molar-refractivity contribution >= 4 is 0 Å². The van der Waals surface area contributed by atoms with E-state index < -0.39 is 0 Å². The summed E-state index contributed by atoms with van der Waals surface area (Å²) in [5, 5.41) is 0. The largest absolute Gasteiger partial charge is 0.373 e. The molecular weight excluding hydrogens is 114 g/mol. The second-order valence-corrected chi connectivity index (χ2v) is 3.84. The Balaban J connectivity index is 2.12. The molecule has 2 aliphatic heterocycles. The molecule has 3 rings (SSSR count). The molecule has 1 saturated carbocycles. The smallest absolute Gasteiger partial charge is 0.0816 e. The fourth-order valence-electron chi connectivity index (χ4n) is 2.24. The van der Waals surface area contributed by atoms with Gasteiger partial charge in [0.25, 0.3) is 0 Å². The van der Waals surface area contributed by atoms with Crippen molar-refractivity contribution in [3.05, 3.63) is 0 Å². The van der Waals surface area contributed by atoms with Gasteiger partial charge in [0.05, 0.1) is 12.2 Å². The first-order valence-corrected chi connectivity index (χ1v) is 3.52. The van der Waals surface area contributed by atoms with Crippen LogP contribution in [0.5, 0.6) is 0 Å². The van der Waals surface area contributed by atoms with Crippen molar-refractivity contribution in [1.82, 2.24) is 0 Å². The van der Waals surface area contributed by atoms with E-state index in [1.807, 2.05) is 0 Å². The van der Waals surface area contributed by atoms with Gasteiger partial charge in [-0.1, -0.05) is 6.92 Å². The maximum Gasteiger partial charge on any atom is 0.0816 e. The van der Waals surface area contributed by atoms with Gasteiger partial charge in [-0.2, -0.15) is 0 Å². The Morgan fingerprint density at radius 1 is 1.56 bits per heavy atom. The Morgan fingerprint density at radius 3 is 2.44 bits per heavy atom. The zero-order valence-corrected chi connectivity index (χ0v) is 5.81. The molecule has 0 aromatic heterocycles. The zero-order chi connectivity index (χ0) is 6.54. The molecule has 2 nitrogen and oxygen atoms in total. The van der Waals surface area contributed by atoms with Gasteiger partial charge in [0.1, 0.15) is 0 Å². The summed E-state index contributed by atoms with van der Waals surface area (Å²) in [6.45, 7) is 3.92. The molecule has 0 amide bonds. The molecule has 0 aromatic rings. The molecule has 9 heavy (non-hydrogen) atoms. The molecular formula is C7H13NO. The third-order valence-corrected chi connectivity index (χ3v) is 2.60. The van der Waals surface area contributed by atoms with Crippen molar-refractivity contribution in [2.75, 3.05) is 13.2 Å². The van der Waals surface area contributed by atoms with E-state index in [0.29, 0.717) is 12.0 Å². The summed E-state index contributed by atoms with van der Waals surface area (Å²) < 4.78 is 5.54. The van der Waals surface area contributed by atoms with Crippen molar-refractivity contribution in [3.8, 4) is 0 Å². The van der Waals surface area contributed by atoms with Gasteiger partial charge in [-0.15, -0.1) is 0 Å². The van der Waals surface area contributed by atoms with Gasteiger partial charge < -0.3 is 10.5 Å². The lowest BCUT2D eigenvalue weighted by molar-refractivity contribution is -0.00246. The molecule has 0 spiro atoms. The fourth-order valence-corrected chi connectivity index (χ4v) is 2.24. The van der Waals surface area contributed by atoms with Gasteiger partial charge >= 0.3 is 0 Å². The SMILES string of the molecule is CC12COC(CN)(C1)C2. The number of hydrogen-bond donors (Lipinski definition) is 1. The van der Waals surface area contributed by atoms with Crippen LogP contribution >= 0.6 is 0 Å². The lowest BCUT2D eigenvalue weighted by Gasteiger charge is -2.41. The number of fused-ring (bicyclic) bond motifs is 1. The lowest BCUT2D eigenvalue weighted by atomic mass is 9.64. The van der Waals surface area contributed by atoms with Gasteiger partial charge in [0, 0.05) is 6.54 Å². The molecule has 1 aliphatic carbocycles.